The Morgan fingerprint density at radius 2 is 2.00 bits per heavy atom. The molecule has 2 heterocycles. The van der Waals surface area contributed by atoms with Gasteiger partial charge in [0.25, 0.3) is 5.91 Å². The second-order valence-corrected chi connectivity index (χ2v) is 7.41. The lowest BCUT2D eigenvalue weighted by atomic mass is 10.1. The van der Waals surface area contributed by atoms with Crippen LogP contribution in [0.3, 0.4) is 0 Å². The van der Waals surface area contributed by atoms with Crippen LogP contribution in [-0.2, 0) is 6.42 Å². The zero-order chi connectivity index (χ0) is 16.4. The highest BCUT2D eigenvalue weighted by Crippen LogP contribution is 2.28. The summed E-state index contributed by atoms with van der Waals surface area (Å²) in [5, 5.41) is 0.999. The number of aromatic nitrogens is 1. The van der Waals surface area contributed by atoms with Crippen LogP contribution in [0.2, 0.25) is 0 Å². The SMILES string of the molecule is Cc1nc(Cc2ccccc2)sc1C(=O)N1CC(CN)CC1C.Cl.Cl. The monoisotopic (exact) mass is 401 g/mol. The number of carbonyl (C=O) groups is 1. The van der Waals surface area contributed by atoms with E-state index in [4.69, 9.17) is 5.73 Å². The summed E-state index contributed by atoms with van der Waals surface area (Å²) in [6, 6.07) is 10.5. The van der Waals surface area contributed by atoms with Gasteiger partial charge in [0.2, 0.25) is 0 Å². The minimum absolute atomic E-state index is 0. The zero-order valence-corrected chi connectivity index (χ0v) is 16.9. The molecule has 1 saturated heterocycles. The van der Waals surface area contributed by atoms with Crippen molar-refractivity contribution in [2.75, 3.05) is 13.1 Å². The molecule has 2 aromatic rings. The van der Waals surface area contributed by atoms with Gasteiger partial charge in [0.15, 0.2) is 0 Å². The smallest absolute Gasteiger partial charge is 0.266 e. The third-order valence-corrected chi connectivity index (χ3v) is 5.63. The minimum atomic E-state index is 0. The highest BCUT2D eigenvalue weighted by atomic mass is 35.5. The molecule has 1 fully saturated rings. The Morgan fingerprint density at radius 3 is 2.60 bits per heavy atom. The van der Waals surface area contributed by atoms with Crippen molar-refractivity contribution in [1.29, 1.82) is 0 Å². The molecule has 1 aliphatic rings. The average molecular weight is 402 g/mol. The Hall–Kier alpha value is -1.14. The molecule has 0 bridgehead atoms. The van der Waals surface area contributed by atoms with Crippen LogP contribution in [0.1, 0.15) is 39.3 Å². The number of benzene rings is 1. The van der Waals surface area contributed by atoms with E-state index in [0.717, 1.165) is 35.0 Å². The van der Waals surface area contributed by atoms with Crippen LogP contribution >= 0.6 is 36.2 Å². The van der Waals surface area contributed by atoms with Crippen molar-refractivity contribution in [2.24, 2.45) is 11.7 Å². The van der Waals surface area contributed by atoms with Crippen LogP contribution in [0, 0.1) is 12.8 Å². The van der Waals surface area contributed by atoms with E-state index in [1.165, 1.54) is 16.9 Å². The van der Waals surface area contributed by atoms with Crippen LogP contribution in [-0.4, -0.2) is 34.9 Å². The minimum Gasteiger partial charge on any atom is -0.335 e. The predicted molar refractivity (Wildman–Crippen MR) is 108 cm³/mol. The summed E-state index contributed by atoms with van der Waals surface area (Å²) in [6.07, 6.45) is 1.78. The number of carbonyl (C=O) groups excluding carboxylic acids is 1. The number of likely N-dealkylation sites (tertiary alicyclic amines) is 1. The highest BCUT2D eigenvalue weighted by Gasteiger charge is 2.33. The topological polar surface area (TPSA) is 59.2 Å². The van der Waals surface area contributed by atoms with E-state index >= 15 is 0 Å². The lowest BCUT2D eigenvalue weighted by Gasteiger charge is -2.20. The van der Waals surface area contributed by atoms with Crippen molar-refractivity contribution in [1.82, 2.24) is 9.88 Å². The Labute approximate surface area is 165 Å². The standard InChI is InChI=1S/C18H23N3OS.2ClH/c1-12-8-15(10-19)11-21(12)18(22)17-13(2)20-16(23-17)9-14-6-4-3-5-7-14;;/h3-7,12,15H,8-11,19H2,1-2H3;2*1H. The van der Waals surface area contributed by atoms with Crippen LogP contribution in [0.25, 0.3) is 0 Å². The van der Waals surface area contributed by atoms with Crippen molar-refractivity contribution < 1.29 is 4.79 Å². The number of thiazole rings is 1. The first kappa shape index (κ1) is 21.9. The second kappa shape index (κ2) is 9.53. The first-order valence-electron chi connectivity index (χ1n) is 8.09. The summed E-state index contributed by atoms with van der Waals surface area (Å²) in [6.45, 7) is 5.45. The Kier molecular flexibility index (Phi) is 8.35. The molecule has 0 spiro atoms. The molecule has 2 atom stereocenters. The summed E-state index contributed by atoms with van der Waals surface area (Å²) in [7, 11) is 0. The number of nitrogens with two attached hydrogens (primary N) is 1. The second-order valence-electron chi connectivity index (χ2n) is 6.33. The molecule has 0 aliphatic carbocycles. The molecule has 138 valence electrons. The number of rotatable bonds is 4. The van der Waals surface area contributed by atoms with Gasteiger partial charge in [0.05, 0.1) is 10.7 Å². The zero-order valence-electron chi connectivity index (χ0n) is 14.5. The maximum absolute atomic E-state index is 12.9. The molecule has 4 nitrogen and oxygen atoms in total. The molecule has 25 heavy (non-hydrogen) atoms. The average Bonchev–Trinajstić information content (AvgIpc) is 3.10. The van der Waals surface area contributed by atoms with Crippen LogP contribution in [0.5, 0.6) is 0 Å². The Bertz CT molecular complexity index is 693. The number of hydrogen-bond acceptors (Lipinski definition) is 4. The van der Waals surface area contributed by atoms with Crippen LogP contribution in [0.15, 0.2) is 30.3 Å². The molecule has 0 radical (unpaired) electrons. The first-order valence-corrected chi connectivity index (χ1v) is 8.91. The van der Waals surface area contributed by atoms with Gasteiger partial charge >= 0.3 is 0 Å². The van der Waals surface area contributed by atoms with Gasteiger partial charge in [0.1, 0.15) is 4.88 Å². The molecule has 1 aliphatic heterocycles. The third kappa shape index (κ3) is 4.94. The van der Waals surface area contributed by atoms with Crippen molar-refractivity contribution in [3.05, 3.63) is 51.5 Å². The van der Waals surface area contributed by atoms with Crippen molar-refractivity contribution in [2.45, 2.75) is 32.7 Å². The number of aryl methyl sites for hydroxylation is 1. The summed E-state index contributed by atoms with van der Waals surface area (Å²) < 4.78 is 0. The van der Waals surface area contributed by atoms with Gasteiger partial charge in [-0.2, -0.15) is 0 Å². The number of amides is 1. The molecule has 1 amide bonds. The van der Waals surface area contributed by atoms with Crippen molar-refractivity contribution in [3.63, 3.8) is 0 Å². The van der Waals surface area contributed by atoms with Gasteiger partial charge in [-0.3, -0.25) is 4.79 Å². The maximum atomic E-state index is 12.9. The van der Waals surface area contributed by atoms with Gasteiger partial charge in [-0.1, -0.05) is 30.3 Å². The fourth-order valence-corrected chi connectivity index (χ4v) is 4.28. The van der Waals surface area contributed by atoms with Gasteiger partial charge < -0.3 is 10.6 Å². The van der Waals surface area contributed by atoms with Crippen molar-refractivity contribution in [3.8, 4) is 0 Å². The van der Waals surface area contributed by atoms with Crippen LogP contribution in [0.4, 0.5) is 0 Å². The van der Waals surface area contributed by atoms with E-state index in [-0.39, 0.29) is 36.8 Å². The van der Waals surface area contributed by atoms with Gasteiger partial charge in [-0.05, 0) is 38.3 Å². The fourth-order valence-electron chi connectivity index (χ4n) is 3.22. The van der Waals surface area contributed by atoms with Crippen molar-refractivity contribution >= 4 is 42.1 Å². The lowest BCUT2D eigenvalue weighted by molar-refractivity contribution is 0.0747. The summed E-state index contributed by atoms with van der Waals surface area (Å²) >= 11 is 1.53. The molecule has 2 N–H and O–H groups in total. The van der Waals surface area contributed by atoms with E-state index in [0.29, 0.717) is 12.5 Å². The van der Waals surface area contributed by atoms with E-state index < -0.39 is 0 Å². The molecular weight excluding hydrogens is 377 g/mol. The quantitative estimate of drug-likeness (QED) is 0.849. The van der Waals surface area contributed by atoms with Gasteiger partial charge in [-0.25, -0.2) is 4.98 Å². The Balaban J connectivity index is 0.00000156. The summed E-state index contributed by atoms with van der Waals surface area (Å²) in [5.74, 6) is 0.536. The number of hydrogen-bond donors (Lipinski definition) is 1. The first-order chi connectivity index (χ1) is 11.1. The molecule has 7 heteroatoms. The van der Waals surface area contributed by atoms with E-state index in [1.54, 1.807) is 0 Å². The molecular formula is C18H25Cl2N3OS. The van der Waals surface area contributed by atoms with E-state index in [9.17, 15) is 4.79 Å². The summed E-state index contributed by atoms with van der Waals surface area (Å²) in [5.41, 5.74) is 7.83. The summed E-state index contributed by atoms with van der Waals surface area (Å²) in [4.78, 5) is 20.2. The molecule has 0 saturated carbocycles. The lowest BCUT2D eigenvalue weighted by Crippen LogP contribution is -2.34. The van der Waals surface area contributed by atoms with E-state index in [1.807, 2.05) is 30.0 Å². The number of nitrogens with zero attached hydrogens (tertiary/aromatic N) is 2. The Morgan fingerprint density at radius 1 is 1.32 bits per heavy atom. The third-order valence-electron chi connectivity index (χ3n) is 4.49. The largest absolute Gasteiger partial charge is 0.335 e. The fraction of sp³-hybridized carbons (Fsp3) is 0.444. The molecule has 1 aromatic heterocycles. The molecule has 1 aromatic carbocycles. The van der Waals surface area contributed by atoms with Gasteiger partial charge in [0, 0.05) is 19.0 Å². The highest BCUT2D eigenvalue weighted by molar-refractivity contribution is 7.13. The number of halogens is 2. The van der Waals surface area contributed by atoms with Gasteiger partial charge in [-0.15, -0.1) is 36.2 Å². The normalized spacial score (nSPS) is 19.2. The molecule has 2 unspecified atom stereocenters. The molecule has 3 rings (SSSR count). The maximum Gasteiger partial charge on any atom is 0.266 e. The predicted octanol–water partition coefficient (Wildman–Crippen LogP) is 3.70. The van der Waals surface area contributed by atoms with E-state index in [2.05, 4.69) is 24.0 Å². The van der Waals surface area contributed by atoms with Crippen LogP contribution < -0.4 is 5.73 Å².